The quantitative estimate of drug-likeness (QED) is 0.628. The van der Waals surface area contributed by atoms with Crippen LogP contribution in [-0.2, 0) is 9.53 Å². The Kier molecular flexibility index (Phi) is 10.4. The van der Waals surface area contributed by atoms with Gasteiger partial charge in [-0.2, -0.15) is 0 Å². The van der Waals surface area contributed by atoms with Crippen LogP contribution in [0.5, 0.6) is 0 Å². The molecule has 160 valence electrons. The summed E-state index contributed by atoms with van der Waals surface area (Å²) < 4.78 is 4.68. The Morgan fingerprint density at radius 3 is 2.28 bits per heavy atom. The second-order valence-electron chi connectivity index (χ2n) is 8.05. The molecule has 0 aliphatic heterocycles. The van der Waals surface area contributed by atoms with Crippen molar-refractivity contribution in [2.75, 3.05) is 20.4 Å². The summed E-state index contributed by atoms with van der Waals surface area (Å²) in [5.41, 5.74) is 0.873. The van der Waals surface area contributed by atoms with E-state index in [1.54, 1.807) is 7.11 Å². The Bertz CT molecular complexity index is 787. The summed E-state index contributed by atoms with van der Waals surface area (Å²) in [7, 11) is 1.55. The van der Waals surface area contributed by atoms with Crippen molar-refractivity contribution < 1.29 is 14.3 Å². The highest BCUT2D eigenvalue weighted by atomic mass is 16.5. The molecule has 0 bridgehead atoms. The average Bonchev–Trinajstić information content (AvgIpc) is 2.75. The number of hydrogen-bond donors (Lipinski definition) is 2. The molecule has 0 aliphatic carbocycles. The number of ether oxygens (including phenoxy) is 1. The van der Waals surface area contributed by atoms with Crippen molar-refractivity contribution in [3.63, 3.8) is 0 Å². The van der Waals surface area contributed by atoms with Gasteiger partial charge < -0.3 is 15.4 Å². The lowest BCUT2D eigenvalue weighted by atomic mass is 9.90. The van der Waals surface area contributed by atoms with Gasteiger partial charge in [0, 0.05) is 25.1 Å². The smallest absolute Gasteiger partial charge is 0.251 e. The van der Waals surface area contributed by atoms with Gasteiger partial charge in [-0.3, -0.25) is 9.59 Å². The fourth-order valence-corrected chi connectivity index (χ4v) is 2.38. The zero-order valence-corrected chi connectivity index (χ0v) is 18.7. The molecule has 1 unspecified atom stereocenters. The van der Waals surface area contributed by atoms with Crippen LogP contribution >= 0.6 is 0 Å². The number of carbonyl (C=O) groups excluding carboxylic acids is 2. The van der Waals surface area contributed by atoms with Crippen molar-refractivity contribution in [3.05, 3.63) is 48.0 Å². The monoisotopic (exact) mass is 400 g/mol. The molecular weight excluding hydrogens is 364 g/mol. The van der Waals surface area contributed by atoms with Crippen molar-refractivity contribution in [1.82, 2.24) is 10.6 Å². The minimum absolute atomic E-state index is 0.00674. The highest BCUT2D eigenvalue weighted by Gasteiger charge is 2.16. The van der Waals surface area contributed by atoms with Gasteiger partial charge in [-0.1, -0.05) is 65.0 Å². The van der Waals surface area contributed by atoms with Crippen LogP contribution in [0.4, 0.5) is 0 Å². The molecular formula is C24H36N2O3. The second kappa shape index (κ2) is 12.2. The minimum Gasteiger partial charge on any atom is -0.364 e. The van der Waals surface area contributed by atoms with E-state index in [1.807, 2.05) is 50.2 Å². The molecule has 0 aliphatic rings. The molecule has 0 saturated carbocycles. The maximum absolute atomic E-state index is 12.1. The third-order valence-electron chi connectivity index (χ3n) is 5.15. The molecule has 0 radical (unpaired) electrons. The highest BCUT2D eigenvalue weighted by molar-refractivity contribution is 5.98. The third-order valence-corrected chi connectivity index (χ3v) is 5.15. The van der Waals surface area contributed by atoms with Gasteiger partial charge in [0.1, 0.15) is 6.73 Å². The zero-order chi connectivity index (χ0) is 21.9. The van der Waals surface area contributed by atoms with Gasteiger partial charge in [0.25, 0.3) is 5.91 Å². The van der Waals surface area contributed by atoms with E-state index < -0.39 is 0 Å². The number of fused-ring (bicyclic) bond motifs is 1. The molecule has 0 fully saturated rings. The normalized spacial score (nSPS) is 11.9. The standard InChI is InChI=1S/C17H21NO.C7H15NO2/c1-4-17(2,3)12-18-16(19)15-10-9-13-7-5-6-8-14(13)11-15;1-4-6(2)7(9)8-5-10-3/h5-11H,4,12H2,1-3H3,(H,18,19);6H,4-5H2,1-3H3,(H,8,9). The average molecular weight is 401 g/mol. The molecule has 5 heteroatoms. The molecule has 0 saturated heterocycles. The Morgan fingerprint density at radius 1 is 1.03 bits per heavy atom. The van der Waals surface area contributed by atoms with E-state index in [9.17, 15) is 9.59 Å². The van der Waals surface area contributed by atoms with Crippen LogP contribution in [0, 0.1) is 11.3 Å². The summed E-state index contributed by atoms with van der Waals surface area (Å²) in [4.78, 5) is 23.1. The molecule has 29 heavy (non-hydrogen) atoms. The van der Waals surface area contributed by atoms with E-state index >= 15 is 0 Å². The molecule has 5 nitrogen and oxygen atoms in total. The highest BCUT2D eigenvalue weighted by Crippen LogP contribution is 2.19. The molecule has 2 N–H and O–H groups in total. The maximum atomic E-state index is 12.1. The number of hydrogen-bond acceptors (Lipinski definition) is 3. The summed E-state index contributed by atoms with van der Waals surface area (Å²) >= 11 is 0. The maximum Gasteiger partial charge on any atom is 0.251 e. The summed E-state index contributed by atoms with van der Waals surface area (Å²) in [5.74, 6) is 0.159. The van der Waals surface area contributed by atoms with Crippen molar-refractivity contribution in [1.29, 1.82) is 0 Å². The minimum atomic E-state index is 0.00674. The summed E-state index contributed by atoms with van der Waals surface area (Å²) in [6.07, 6.45) is 1.92. The first-order valence-electron chi connectivity index (χ1n) is 10.3. The molecule has 2 rings (SSSR count). The molecule has 2 amide bonds. The fourth-order valence-electron chi connectivity index (χ4n) is 2.38. The topological polar surface area (TPSA) is 67.4 Å². The number of nitrogens with one attached hydrogen (secondary N) is 2. The van der Waals surface area contributed by atoms with Crippen LogP contribution < -0.4 is 10.6 Å². The van der Waals surface area contributed by atoms with Crippen LogP contribution in [0.25, 0.3) is 10.8 Å². The molecule has 0 spiro atoms. The zero-order valence-electron chi connectivity index (χ0n) is 18.7. The number of amides is 2. The fraction of sp³-hybridized carbons (Fsp3) is 0.500. The van der Waals surface area contributed by atoms with Crippen molar-refractivity contribution in [2.45, 2.75) is 47.5 Å². The van der Waals surface area contributed by atoms with Gasteiger partial charge in [-0.15, -0.1) is 0 Å². The van der Waals surface area contributed by atoms with E-state index in [2.05, 4.69) is 42.2 Å². The van der Waals surface area contributed by atoms with Crippen molar-refractivity contribution >= 4 is 22.6 Å². The molecule has 2 aromatic carbocycles. The third kappa shape index (κ3) is 8.65. The van der Waals surface area contributed by atoms with Gasteiger partial charge in [0.05, 0.1) is 0 Å². The molecule has 0 aromatic heterocycles. The predicted octanol–water partition coefficient (Wildman–Crippen LogP) is 4.76. The first-order chi connectivity index (χ1) is 13.7. The number of carbonyl (C=O) groups is 2. The Morgan fingerprint density at radius 2 is 1.69 bits per heavy atom. The van der Waals surface area contributed by atoms with Crippen LogP contribution in [-0.4, -0.2) is 32.2 Å². The van der Waals surface area contributed by atoms with E-state index in [-0.39, 0.29) is 23.1 Å². The summed E-state index contributed by atoms with van der Waals surface area (Å²) in [6.45, 7) is 11.4. The van der Waals surface area contributed by atoms with Gasteiger partial charge in [-0.05, 0) is 41.2 Å². The van der Waals surface area contributed by atoms with Crippen molar-refractivity contribution in [2.24, 2.45) is 11.3 Å². The van der Waals surface area contributed by atoms with E-state index in [0.717, 1.165) is 29.2 Å². The lowest BCUT2D eigenvalue weighted by molar-refractivity contribution is -0.126. The summed E-state index contributed by atoms with van der Waals surface area (Å²) in [6, 6.07) is 13.9. The second-order valence-corrected chi connectivity index (χ2v) is 8.05. The largest absolute Gasteiger partial charge is 0.364 e. The molecule has 0 heterocycles. The Balaban J connectivity index is 0.000000359. The lowest BCUT2D eigenvalue weighted by Gasteiger charge is -2.22. The SMILES string of the molecule is CCC(C)(C)CNC(=O)c1ccc2ccccc2c1.CCC(C)C(=O)NCOC. The van der Waals surface area contributed by atoms with Gasteiger partial charge in [0.15, 0.2) is 0 Å². The predicted molar refractivity (Wildman–Crippen MR) is 120 cm³/mol. The van der Waals surface area contributed by atoms with Crippen LogP contribution in [0.15, 0.2) is 42.5 Å². The first kappa shape index (κ1) is 24.6. The first-order valence-corrected chi connectivity index (χ1v) is 10.3. The van der Waals surface area contributed by atoms with E-state index in [0.29, 0.717) is 13.3 Å². The Hall–Kier alpha value is -2.40. The number of methoxy groups -OCH3 is 1. The van der Waals surface area contributed by atoms with E-state index in [4.69, 9.17) is 0 Å². The number of rotatable bonds is 8. The Labute approximate surface area is 175 Å². The van der Waals surface area contributed by atoms with Gasteiger partial charge >= 0.3 is 0 Å². The molecule has 2 aromatic rings. The van der Waals surface area contributed by atoms with Crippen LogP contribution in [0.3, 0.4) is 0 Å². The van der Waals surface area contributed by atoms with Crippen molar-refractivity contribution in [3.8, 4) is 0 Å². The lowest BCUT2D eigenvalue weighted by Crippen LogP contribution is -2.33. The van der Waals surface area contributed by atoms with Crippen LogP contribution in [0.2, 0.25) is 0 Å². The van der Waals surface area contributed by atoms with Gasteiger partial charge in [-0.25, -0.2) is 0 Å². The summed E-state index contributed by atoms with van der Waals surface area (Å²) in [5, 5.41) is 7.90. The van der Waals surface area contributed by atoms with E-state index in [1.165, 1.54) is 0 Å². The van der Waals surface area contributed by atoms with Gasteiger partial charge in [0.2, 0.25) is 5.91 Å². The van der Waals surface area contributed by atoms with Crippen LogP contribution in [0.1, 0.15) is 57.8 Å². The molecule has 1 atom stereocenters. The number of benzene rings is 2.